The van der Waals surface area contributed by atoms with E-state index in [4.69, 9.17) is 0 Å². The molecule has 1 aromatic carbocycles. The molecular formula is C16H21N3. The fourth-order valence-electron chi connectivity index (χ4n) is 2.63. The number of imidazole rings is 1. The molecule has 0 amide bonds. The smallest absolute Gasteiger partial charge is 0.0991 e. The van der Waals surface area contributed by atoms with Gasteiger partial charge in [0.25, 0.3) is 0 Å². The molecule has 0 spiro atoms. The van der Waals surface area contributed by atoms with Gasteiger partial charge in [-0.15, -0.1) is 0 Å². The van der Waals surface area contributed by atoms with E-state index < -0.39 is 0 Å². The highest BCUT2D eigenvalue weighted by Gasteiger charge is 2.35. The Bertz CT molecular complexity index is 501. The maximum atomic E-state index is 4.07. The van der Waals surface area contributed by atoms with Crippen molar-refractivity contribution < 1.29 is 0 Å². The number of benzene rings is 1. The molecule has 3 rings (SSSR count). The number of nitrogens with zero attached hydrogens (tertiary/aromatic N) is 2. The quantitative estimate of drug-likeness (QED) is 0.859. The first kappa shape index (κ1) is 12.4. The van der Waals surface area contributed by atoms with Gasteiger partial charge in [0.05, 0.1) is 6.33 Å². The van der Waals surface area contributed by atoms with Gasteiger partial charge < -0.3 is 9.88 Å². The van der Waals surface area contributed by atoms with Gasteiger partial charge in [0.2, 0.25) is 0 Å². The molecule has 3 heteroatoms. The monoisotopic (exact) mass is 255 g/mol. The van der Waals surface area contributed by atoms with Gasteiger partial charge >= 0.3 is 0 Å². The van der Waals surface area contributed by atoms with E-state index in [0.29, 0.717) is 0 Å². The lowest BCUT2D eigenvalue weighted by molar-refractivity contribution is 0.599. The molecule has 0 radical (unpaired) electrons. The van der Waals surface area contributed by atoms with E-state index in [1.54, 1.807) is 6.20 Å². The summed E-state index contributed by atoms with van der Waals surface area (Å²) in [4.78, 5) is 4.07. The molecule has 2 atom stereocenters. The zero-order valence-electron chi connectivity index (χ0n) is 11.4. The fourth-order valence-corrected chi connectivity index (χ4v) is 2.63. The average Bonchev–Trinajstić information content (AvgIpc) is 2.96. The Kier molecular flexibility index (Phi) is 3.65. The molecule has 2 aromatic rings. The van der Waals surface area contributed by atoms with Crippen LogP contribution in [0.15, 0.2) is 43.0 Å². The molecular weight excluding hydrogens is 234 g/mol. The van der Waals surface area contributed by atoms with Crippen LogP contribution in [-0.4, -0.2) is 15.6 Å². The first-order valence-corrected chi connectivity index (χ1v) is 7.17. The zero-order chi connectivity index (χ0) is 13.1. The molecule has 1 aliphatic carbocycles. The number of aromatic nitrogens is 2. The summed E-state index contributed by atoms with van der Waals surface area (Å²) in [6.07, 6.45) is 9.64. The number of hydrogen-bond donors (Lipinski definition) is 1. The molecule has 100 valence electrons. The zero-order valence-corrected chi connectivity index (χ0v) is 11.4. The minimum atomic E-state index is 0.758. The summed E-state index contributed by atoms with van der Waals surface area (Å²) in [7, 11) is 0. The van der Waals surface area contributed by atoms with Crippen LogP contribution in [0.25, 0.3) is 5.69 Å². The van der Waals surface area contributed by atoms with E-state index in [9.17, 15) is 0 Å². The van der Waals surface area contributed by atoms with Crippen molar-refractivity contribution in [2.75, 3.05) is 0 Å². The first-order valence-electron chi connectivity index (χ1n) is 7.17. The Hall–Kier alpha value is -1.61. The van der Waals surface area contributed by atoms with Gasteiger partial charge in [0.1, 0.15) is 0 Å². The Morgan fingerprint density at radius 2 is 2.16 bits per heavy atom. The lowest BCUT2D eigenvalue weighted by atomic mass is 10.2. The average molecular weight is 255 g/mol. The molecule has 2 unspecified atom stereocenters. The first-order chi connectivity index (χ1) is 9.36. The van der Waals surface area contributed by atoms with E-state index >= 15 is 0 Å². The summed E-state index contributed by atoms with van der Waals surface area (Å²) in [6.45, 7) is 3.25. The standard InChI is InChI=1S/C16H21N3/c1-2-3-14-10-16(14)18-11-13-4-6-15(7-5-13)19-9-8-17-12-19/h4-9,12,14,16,18H,2-3,10-11H2,1H3. The van der Waals surface area contributed by atoms with E-state index in [0.717, 1.165) is 24.2 Å². The number of hydrogen-bond acceptors (Lipinski definition) is 2. The van der Waals surface area contributed by atoms with Crippen LogP contribution in [0.4, 0.5) is 0 Å². The molecule has 19 heavy (non-hydrogen) atoms. The minimum Gasteiger partial charge on any atom is -0.310 e. The van der Waals surface area contributed by atoms with Gasteiger partial charge in [-0.2, -0.15) is 0 Å². The predicted molar refractivity (Wildman–Crippen MR) is 77.2 cm³/mol. The van der Waals surface area contributed by atoms with Gasteiger partial charge in [0.15, 0.2) is 0 Å². The Labute approximate surface area is 114 Å². The molecule has 1 heterocycles. The summed E-state index contributed by atoms with van der Waals surface area (Å²) in [5, 5.41) is 3.64. The second-order valence-corrected chi connectivity index (χ2v) is 5.41. The molecule has 1 N–H and O–H groups in total. The van der Waals surface area contributed by atoms with Crippen molar-refractivity contribution in [2.24, 2.45) is 5.92 Å². The van der Waals surface area contributed by atoms with Crippen molar-refractivity contribution >= 4 is 0 Å². The SMILES string of the molecule is CCCC1CC1NCc1ccc(-n2ccnc2)cc1. The normalized spacial score (nSPS) is 21.5. The molecule has 0 aliphatic heterocycles. The number of rotatable bonds is 6. The van der Waals surface area contributed by atoms with E-state index in [1.807, 2.05) is 17.1 Å². The van der Waals surface area contributed by atoms with Crippen molar-refractivity contribution in [1.29, 1.82) is 0 Å². The molecule has 1 fully saturated rings. The third kappa shape index (κ3) is 3.04. The maximum Gasteiger partial charge on any atom is 0.0991 e. The second kappa shape index (κ2) is 5.57. The van der Waals surface area contributed by atoms with Crippen LogP contribution < -0.4 is 5.32 Å². The largest absolute Gasteiger partial charge is 0.310 e. The topological polar surface area (TPSA) is 29.9 Å². The van der Waals surface area contributed by atoms with Crippen LogP contribution in [0.3, 0.4) is 0 Å². The van der Waals surface area contributed by atoms with Crippen molar-refractivity contribution in [3.05, 3.63) is 48.5 Å². The highest BCUT2D eigenvalue weighted by molar-refractivity contribution is 5.34. The molecule has 3 nitrogen and oxygen atoms in total. The van der Waals surface area contributed by atoms with Crippen LogP contribution in [0.1, 0.15) is 31.7 Å². The number of nitrogens with one attached hydrogen (secondary N) is 1. The lowest BCUT2D eigenvalue weighted by Gasteiger charge is -2.06. The third-order valence-electron chi connectivity index (χ3n) is 3.89. The molecule has 0 saturated heterocycles. The molecule has 1 saturated carbocycles. The van der Waals surface area contributed by atoms with Crippen LogP contribution in [0.2, 0.25) is 0 Å². The third-order valence-corrected chi connectivity index (χ3v) is 3.89. The lowest BCUT2D eigenvalue weighted by Crippen LogP contribution is -2.17. The van der Waals surface area contributed by atoms with Gasteiger partial charge in [-0.1, -0.05) is 25.5 Å². The Morgan fingerprint density at radius 3 is 2.84 bits per heavy atom. The van der Waals surface area contributed by atoms with Gasteiger partial charge in [-0.25, -0.2) is 4.98 Å². The van der Waals surface area contributed by atoms with Gasteiger partial charge in [0, 0.05) is 30.7 Å². The Morgan fingerprint density at radius 1 is 1.32 bits per heavy atom. The van der Waals surface area contributed by atoms with Crippen molar-refractivity contribution in [3.8, 4) is 5.69 Å². The van der Waals surface area contributed by atoms with E-state index in [-0.39, 0.29) is 0 Å². The van der Waals surface area contributed by atoms with Gasteiger partial charge in [-0.05, 0) is 36.5 Å². The van der Waals surface area contributed by atoms with E-state index in [1.165, 1.54) is 24.8 Å². The predicted octanol–water partition coefficient (Wildman–Crippen LogP) is 3.15. The summed E-state index contributed by atoms with van der Waals surface area (Å²) < 4.78 is 2.02. The summed E-state index contributed by atoms with van der Waals surface area (Å²) in [5.41, 5.74) is 2.52. The van der Waals surface area contributed by atoms with Crippen LogP contribution >= 0.6 is 0 Å². The minimum absolute atomic E-state index is 0.758. The highest BCUT2D eigenvalue weighted by Crippen LogP contribution is 2.34. The van der Waals surface area contributed by atoms with Crippen LogP contribution in [-0.2, 0) is 6.54 Å². The molecule has 1 aromatic heterocycles. The summed E-state index contributed by atoms with van der Waals surface area (Å²) >= 11 is 0. The van der Waals surface area contributed by atoms with E-state index in [2.05, 4.69) is 41.5 Å². The van der Waals surface area contributed by atoms with Gasteiger partial charge in [-0.3, -0.25) is 0 Å². The maximum absolute atomic E-state index is 4.07. The summed E-state index contributed by atoms with van der Waals surface area (Å²) in [5.74, 6) is 0.926. The van der Waals surface area contributed by atoms with Crippen LogP contribution in [0, 0.1) is 5.92 Å². The van der Waals surface area contributed by atoms with Crippen molar-refractivity contribution in [2.45, 2.75) is 38.8 Å². The van der Waals surface area contributed by atoms with Crippen LogP contribution in [0.5, 0.6) is 0 Å². The fraction of sp³-hybridized carbons (Fsp3) is 0.438. The van der Waals surface area contributed by atoms with Crippen molar-refractivity contribution in [3.63, 3.8) is 0 Å². The molecule has 0 bridgehead atoms. The summed E-state index contributed by atoms with van der Waals surface area (Å²) in [6, 6.07) is 9.44. The highest BCUT2D eigenvalue weighted by atomic mass is 15.0. The molecule has 1 aliphatic rings. The Balaban J connectivity index is 1.52. The van der Waals surface area contributed by atoms with Crippen molar-refractivity contribution in [1.82, 2.24) is 14.9 Å². The second-order valence-electron chi connectivity index (χ2n) is 5.41.